The molecule has 0 amide bonds. The molecule has 112 valence electrons. The van der Waals surface area contributed by atoms with Gasteiger partial charge < -0.3 is 10.1 Å². The highest BCUT2D eigenvalue weighted by Crippen LogP contribution is 2.56. The molecule has 2 heteroatoms. The molecule has 1 aromatic carbocycles. The quantitative estimate of drug-likeness (QED) is 0.837. The van der Waals surface area contributed by atoms with Crippen LogP contribution in [0.1, 0.15) is 57.1 Å². The lowest BCUT2D eigenvalue weighted by Crippen LogP contribution is -2.56. The van der Waals surface area contributed by atoms with E-state index in [1.54, 1.807) is 7.11 Å². The van der Waals surface area contributed by atoms with Crippen LogP contribution in [0.25, 0.3) is 0 Å². The highest BCUT2D eigenvalue weighted by Gasteiger charge is 2.51. The third-order valence-corrected chi connectivity index (χ3v) is 5.23. The van der Waals surface area contributed by atoms with E-state index in [0.29, 0.717) is 17.4 Å². The molecule has 0 radical (unpaired) electrons. The van der Waals surface area contributed by atoms with Crippen molar-refractivity contribution in [2.75, 3.05) is 13.7 Å². The predicted molar refractivity (Wildman–Crippen MR) is 85.6 cm³/mol. The van der Waals surface area contributed by atoms with Crippen LogP contribution in [0.3, 0.4) is 0 Å². The van der Waals surface area contributed by atoms with Gasteiger partial charge >= 0.3 is 0 Å². The number of benzene rings is 1. The maximum absolute atomic E-state index is 5.59. The summed E-state index contributed by atoms with van der Waals surface area (Å²) >= 11 is 0. The van der Waals surface area contributed by atoms with Crippen LogP contribution in [0.15, 0.2) is 18.2 Å². The second-order valence-corrected chi connectivity index (χ2v) is 6.40. The van der Waals surface area contributed by atoms with Crippen LogP contribution >= 0.6 is 0 Å². The van der Waals surface area contributed by atoms with E-state index in [0.717, 1.165) is 12.3 Å². The smallest absolute Gasteiger partial charge is 0.122 e. The van der Waals surface area contributed by atoms with Gasteiger partial charge in [-0.1, -0.05) is 38.5 Å². The molecule has 1 N–H and O–H groups in total. The van der Waals surface area contributed by atoms with Gasteiger partial charge in [0, 0.05) is 6.04 Å². The standard InChI is InChI=1S/C18H29NO/c1-6-10-19-17-12-15(18(17,4)7-2)14-11-13(3)8-9-16(14)20-5/h8-9,11,15,17,19H,6-7,10,12H2,1-5H3. The van der Waals surface area contributed by atoms with Gasteiger partial charge in [0.15, 0.2) is 0 Å². The summed E-state index contributed by atoms with van der Waals surface area (Å²) in [5.41, 5.74) is 3.06. The fourth-order valence-corrected chi connectivity index (χ4v) is 3.59. The Kier molecular flexibility index (Phi) is 4.74. The maximum atomic E-state index is 5.59. The summed E-state index contributed by atoms with van der Waals surface area (Å²) < 4.78 is 5.59. The number of rotatable bonds is 6. The van der Waals surface area contributed by atoms with Gasteiger partial charge in [-0.2, -0.15) is 0 Å². The van der Waals surface area contributed by atoms with Crippen LogP contribution in [0.5, 0.6) is 5.75 Å². The molecule has 3 unspecified atom stereocenters. The second-order valence-electron chi connectivity index (χ2n) is 6.40. The predicted octanol–water partition coefficient (Wildman–Crippen LogP) is 4.28. The van der Waals surface area contributed by atoms with E-state index in [1.165, 1.54) is 30.4 Å². The SMILES string of the molecule is CCCNC1CC(c2cc(C)ccc2OC)C1(C)CC. The number of aryl methyl sites for hydroxylation is 1. The van der Waals surface area contributed by atoms with Crippen molar-refractivity contribution in [3.63, 3.8) is 0 Å². The van der Waals surface area contributed by atoms with Gasteiger partial charge in [0.2, 0.25) is 0 Å². The summed E-state index contributed by atoms with van der Waals surface area (Å²) in [6, 6.07) is 7.21. The third-order valence-electron chi connectivity index (χ3n) is 5.23. The van der Waals surface area contributed by atoms with Crippen LogP contribution in [-0.2, 0) is 0 Å². The average molecular weight is 275 g/mol. The van der Waals surface area contributed by atoms with E-state index in [1.807, 2.05) is 0 Å². The normalized spacial score (nSPS) is 29.1. The van der Waals surface area contributed by atoms with Gasteiger partial charge in [0.05, 0.1) is 7.11 Å². The van der Waals surface area contributed by atoms with Crippen LogP contribution in [-0.4, -0.2) is 19.7 Å². The minimum absolute atomic E-state index is 0.343. The lowest BCUT2D eigenvalue weighted by molar-refractivity contribution is 0.0431. The molecule has 0 saturated heterocycles. The van der Waals surface area contributed by atoms with Crippen molar-refractivity contribution in [2.45, 2.75) is 58.9 Å². The van der Waals surface area contributed by atoms with Crippen LogP contribution < -0.4 is 10.1 Å². The molecule has 0 spiro atoms. The van der Waals surface area contributed by atoms with E-state index in [9.17, 15) is 0 Å². The molecule has 0 bridgehead atoms. The molecular weight excluding hydrogens is 246 g/mol. The monoisotopic (exact) mass is 275 g/mol. The van der Waals surface area contributed by atoms with Crippen molar-refractivity contribution in [2.24, 2.45) is 5.41 Å². The third kappa shape index (κ3) is 2.58. The summed E-state index contributed by atoms with van der Waals surface area (Å²) in [6.45, 7) is 10.3. The summed E-state index contributed by atoms with van der Waals surface area (Å²) in [6.07, 6.45) is 3.63. The van der Waals surface area contributed by atoms with Gasteiger partial charge in [-0.15, -0.1) is 0 Å². The minimum atomic E-state index is 0.343. The first-order valence-electron chi connectivity index (χ1n) is 7.94. The summed E-state index contributed by atoms with van der Waals surface area (Å²) in [5.74, 6) is 1.66. The Morgan fingerprint density at radius 3 is 2.70 bits per heavy atom. The molecule has 0 aromatic heterocycles. The van der Waals surface area contributed by atoms with Crippen molar-refractivity contribution in [1.82, 2.24) is 5.32 Å². The van der Waals surface area contributed by atoms with Gasteiger partial charge in [-0.3, -0.25) is 0 Å². The Labute approximate surface area is 123 Å². The summed E-state index contributed by atoms with van der Waals surface area (Å²) in [5, 5.41) is 3.72. The van der Waals surface area contributed by atoms with Crippen molar-refractivity contribution in [1.29, 1.82) is 0 Å². The van der Waals surface area contributed by atoms with Crippen molar-refractivity contribution < 1.29 is 4.74 Å². The Morgan fingerprint density at radius 2 is 2.10 bits per heavy atom. The molecular formula is C18H29NO. The Bertz CT molecular complexity index is 457. The number of ether oxygens (including phenoxy) is 1. The Morgan fingerprint density at radius 1 is 1.35 bits per heavy atom. The van der Waals surface area contributed by atoms with Gasteiger partial charge in [-0.05, 0) is 55.7 Å². The highest BCUT2D eigenvalue weighted by molar-refractivity contribution is 5.42. The molecule has 20 heavy (non-hydrogen) atoms. The Balaban J connectivity index is 2.24. The fraction of sp³-hybridized carbons (Fsp3) is 0.667. The van der Waals surface area contributed by atoms with Crippen molar-refractivity contribution in [3.05, 3.63) is 29.3 Å². The number of hydrogen-bond acceptors (Lipinski definition) is 2. The number of hydrogen-bond donors (Lipinski definition) is 1. The van der Waals surface area contributed by atoms with E-state index in [2.05, 4.69) is 51.2 Å². The van der Waals surface area contributed by atoms with Crippen LogP contribution in [0, 0.1) is 12.3 Å². The number of methoxy groups -OCH3 is 1. The molecule has 0 heterocycles. The zero-order valence-electron chi connectivity index (χ0n) is 13.6. The van der Waals surface area contributed by atoms with Crippen LogP contribution in [0.4, 0.5) is 0 Å². The zero-order chi connectivity index (χ0) is 14.8. The molecule has 1 aromatic rings. The second kappa shape index (κ2) is 6.17. The van der Waals surface area contributed by atoms with Crippen molar-refractivity contribution in [3.8, 4) is 5.75 Å². The Hall–Kier alpha value is -1.02. The average Bonchev–Trinajstić information content (AvgIpc) is 2.45. The largest absolute Gasteiger partial charge is 0.496 e. The molecule has 1 aliphatic carbocycles. The van der Waals surface area contributed by atoms with E-state index in [4.69, 9.17) is 4.74 Å². The molecule has 2 rings (SSSR count). The first-order valence-corrected chi connectivity index (χ1v) is 7.94. The summed E-state index contributed by atoms with van der Waals surface area (Å²) in [4.78, 5) is 0. The number of nitrogens with one attached hydrogen (secondary N) is 1. The van der Waals surface area contributed by atoms with E-state index in [-0.39, 0.29) is 0 Å². The molecule has 1 fully saturated rings. The lowest BCUT2D eigenvalue weighted by Gasteiger charge is -2.55. The molecule has 3 atom stereocenters. The molecule has 1 saturated carbocycles. The molecule has 2 nitrogen and oxygen atoms in total. The molecule has 0 aliphatic heterocycles. The molecule has 1 aliphatic rings. The van der Waals surface area contributed by atoms with E-state index >= 15 is 0 Å². The van der Waals surface area contributed by atoms with Crippen molar-refractivity contribution >= 4 is 0 Å². The minimum Gasteiger partial charge on any atom is -0.496 e. The first-order chi connectivity index (χ1) is 9.56. The van der Waals surface area contributed by atoms with E-state index < -0.39 is 0 Å². The zero-order valence-corrected chi connectivity index (χ0v) is 13.6. The summed E-state index contributed by atoms with van der Waals surface area (Å²) in [7, 11) is 1.78. The lowest BCUT2D eigenvalue weighted by atomic mass is 9.54. The first kappa shape index (κ1) is 15.4. The van der Waals surface area contributed by atoms with Gasteiger partial charge in [0.25, 0.3) is 0 Å². The fourth-order valence-electron chi connectivity index (χ4n) is 3.59. The maximum Gasteiger partial charge on any atom is 0.122 e. The topological polar surface area (TPSA) is 21.3 Å². The highest BCUT2D eigenvalue weighted by atomic mass is 16.5. The van der Waals surface area contributed by atoms with Gasteiger partial charge in [0.1, 0.15) is 5.75 Å². The van der Waals surface area contributed by atoms with Gasteiger partial charge in [-0.25, -0.2) is 0 Å². The van der Waals surface area contributed by atoms with Crippen LogP contribution in [0.2, 0.25) is 0 Å².